The van der Waals surface area contributed by atoms with E-state index in [4.69, 9.17) is 9.47 Å². The highest BCUT2D eigenvalue weighted by Gasteiger charge is 2.07. The summed E-state index contributed by atoms with van der Waals surface area (Å²) in [7, 11) is 0. The lowest BCUT2D eigenvalue weighted by molar-refractivity contribution is 0.0819. The smallest absolute Gasteiger partial charge is 0.180 e. The molecule has 0 amide bonds. The molecule has 118 valence electrons. The van der Waals surface area contributed by atoms with Gasteiger partial charge in [-0.15, -0.1) is 0 Å². The molecule has 1 N–H and O–H groups in total. The van der Waals surface area contributed by atoms with Crippen LogP contribution in [0.5, 0.6) is 5.75 Å². The number of ether oxygens (including phenoxy) is 2. The van der Waals surface area contributed by atoms with Crippen LogP contribution in [0.2, 0.25) is 0 Å². The molecular weight excluding hydrogens is 266 g/mol. The minimum absolute atomic E-state index is 0.492. The van der Waals surface area contributed by atoms with Crippen LogP contribution in [0, 0.1) is 5.92 Å². The zero-order valence-corrected chi connectivity index (χ0v) is 13.4. The van der Waals surface area contributed by atoms with Crippen LogP contribution < -0.4 is 10.1 Å². The Hall–Kier alpha value is -1.62. The minimum Gasteiger partial charge on any atom is -0.486 e. The first kappa shape index (κ1) is 17.4. The Morgan fingerprint density at radius 2 is 2.19 bits per heavy atom. The Balaban J connectivity index is 2.52. The van der Waals surface area contributed by atoms with Gasteiger partial charge in [0.15, 0.2) is 17.4 Å². The molecule has 0 aromatic carbocycles. The predicted octanol–water partition coefficient (Wildman–Crippen LogP) is 3.38. The summed E-state index contributed by atoms with van der Waals surface area (Å²) in [4.78, 5) is 8.56. The molecule has 0 saturated heterocycles. The van der Waals surface area contributed by atoms with Gasteiger partial charge in [0.05, 0.1) is 12.8 Å². The van der Waals surface area contributed by atoms with Gasteiger partial charge in [-0.05, 0) is 18.4 Å². The van der Waals surface area contributed by atoms with Crippen LogP contribution in [0.25, 0.3) is 6.08 Å². The van der Waals surface area contributed by atoms with Crippen molar-refractivity contribution in [2.75, 3.05) is 31.7 Å². The Bertz CT molecular complexity index is 422. The van der Waals surface area contributed by atoms with Crippen LogP contribution in [0.1, 0.15) is 39.4 Å². The van der Waals surface area contributed by atoms with E-state index < -0.39 is 0 Å². The van der Waals surface area contributed by atoms with E-state index in [1.165, 1.54) is 0 Å². The van der Waals surface area contributed by atoms with E-state index in [1.54, 1.807) is 12.3 Å². The van der Waals surface area contributed by atoms with Crippen molar-refractivity contribution >= 4 is 11.9 Å². The first-order valence-electron chi connectivity index (χ1n) is 7.61. The molecule has 1 heterocycles. The molecule has 0 radical (unpaired) electrons. The Morgan fingerprint density at radius 1 is 1.38 bits per heavy atom. The summed E-state index contributed by atoms with van der Waals surface area (Å²) in [6.07, 6.45) is 5.53. The van der Waals surface area contributed by atoms with Gasteiger partial charge >= 0.3 is 0 Å². The van der Waals surface area contributed by atoms with Crippen molar-refractivity contribution in [3.05, 3.63) is 18.6 Å². The highest BCUT2D eigenvalue weighted by Crippen LogP contribution is 2.21. The molecule has 0 fully saturated rings. The molecule has 5 nitrogen and oxygen atoms in total. The van der Waals surface area contributed by atoms with Crippen LogP contribution in [-0.2, 0) is 4.74 Å². The molecular formula is C16H27N3O2. The number of hydrogen-bond donors (Lipinski definition) is 1. The van der Waals surface area contributed by atoms with Crippen LogP contribution in [0.4, 0.5) is 5.82 Å². The third kappa shape index (κ3) is 7.09. The Labute approximate surface area is 127 Å². The number of anilines is 1. The van der Waals surface area contributed by atoms with Gasteiger partial charge < -0.3 is 14.8 Å². The fourth-order valence-electron chi connectivity index (χ4n) is 1.63. The lowest BCUT2D eigenvalue weighted by Crippen LogP contribution is -2.12. The molecule has 1 rings (SSSR count). The van der Waals surface area contributed by atoms with Gasteiger partial charge in [-0.2, -0.15) is 0 Å². The molecule has 1 aromatic heterocycles. The van der Waals surface area contributed by atoms with Crippen LogP contribution >= 0.6 is 0 Å². The largest absolute Gasteiger partial charge is 0.486 e. The maximum Gasteiger partial charge on any atom is 0.180 e. The third-order valence-electron chi connectivity index (χ3n) is 2.72. The van der Waals surface area contributed by atoms with Crippen LogP contribution in [0.15, 0.2) is 12.8 Å². The summed E-state index contributed by atoms with van der Waals surface area (Å²) in [5, 5.41) is 3.28. The quantitative estimate of drug-likeness (QED) is 0.634. The molecule has 0 aliphatic rings. The summed E-state index contributed by atoms with van der Waals surface area (Å²) < 4.78 is 11.2. The van der Waals surface area contributed by atoms with Gasteiger partial charge in [0.1, 0.15) is 6.61 Å². The molecule has 21 heavy (non-hydrogen) atoms. The van der Waals surface area contributed by atoms with E-state index in [9.17, 15) is 0 Å². The van der Waals surface area contributed by atoms with Gasteiger partial charge in [0.2, 0.25) is 0 Å². The van der Waals surface area contributed by atoms with Crippen molar-refractivity contribution in [1.29, 1.82) is 0 Å². The van der Waals surface area contributed by atoms with Crippen molar-refractivity contribution in [2.24, 2.45) is 5.92 Å². The molecule has 0 atom stereocenters. The second kappa shape index (κ2) is 10.2. The normalized spacial score (nSPS) is 10.7. The number of rotatable bonds is 11. The standard InChI is InChI=1S/C16H27N3O2/c1-5-7-8-17-16-14(11-18-15(6-2)19-16)21-10-9-20-12-13(3)4/h6,11,13H,2,5,7-10,12H2,1,3-4H3,(H,17,18,19). The summed E-state index contributed by atoms with van der Waals surface area (Å²) in [5.74, 6) is 2.51. The molecule has 0 unspecified atom stereocenters. The van der Waals surface area contributed by atoms with Gasteiger partial charge in [0.25, 0.3) is 0 Å². The summed E-state index contributed by atoms with van der Waals surface area (Å²) in [6.45, 7) is 12.8. The van der Waals surface area contributed by atoms with Gasteiger partial charge in [-0.25, -0.2) is 9.97 Å². The van der Waals surface area contributed by atoms with E-state index in [2.05, 4.69) is 42.6 Å². The second-order valence-electron chi connectivity index (χ2n) is 5.24. The van der Waals surface area contributed by atoms with Gasteiger partial charge in [0, 0.05) is 13.2 Å². The summed E-state index contributed by atoms with van der Waals surface area (Å²) in [6, 6.07) is 0. The second-order valence-corrected chi connectivity index (χ2v) is 5.24. The lowest BCUT2D eigenvalue weighted by atomic mass is 10.2. The fourth-order valence-corrected chi connectivity index (χ4v) is 1.63. The van der Waals surface area contributed by atoms with Crippen LogP contribution in [-0.4, -0.2) is 36.3 Å². The topological polar surface area (TPSA) is 56.3 Å². The Kier molecular flexibility index (Phi) is 8.43. The van der Waals surface area contributed by atoms with E-state index >= 15 is 0 Å². The maximum absolute atomic E-state index is 5.70. The summed E-state index contributed by atoms with van der Waals surface area (Å²) >= 11 is 0. The highest BCUT2D eigenvalue weighted by molar-refractivity contribution is 5.52. The molecule has 0 aliphatic carbocycles. The molecule has 0 bridgehead atoms. The Morgan fingerprint density at radius 3 is 2.86 bits per heavy atom. The number of aromatic nitrogens is 2. The first-order valence-corrected chi connectivity index (χ1v) is 7.61. The average molecular weight is 293 g/mol. The molecule has 0 saturated carbocycles. The SMILES string of the molecule is C=Cc1ncc(OCCOCC(C)C)c(NCCCC)n1. The van der Waals surface area contributed by atoms with Gasteiger partial charge in [-0.1, -0.05) is 33.8 Å². The first-order chi connectivity index (χ1) is 10.2. The van der Waals surface area contributed by atoms with Crippen molar-refractivity contribution < 1.29 is 9.47 Å². The maximum atomic E-state index is 5.70. The van der Waals surface area contributed by atoms with E-state index in [1.807, 2.05) is 0 Å². The zero-order chi connectivity index (χ0) is 15.5. The number of hydrogen-bond acceptors (Lipinski definition) is 5. The van der Waals surface area contributed by atoms with Crippen molar-refractivity contribution in [3.63, 3.8) is 0 Å². The van der Waals surface area contributed by atoms with Gasteiger partial charge in [-0.3, -0.25) is 0 Å². The van der Waals surface area contributed by atoms with Crippen molar-refractivity contribution in [1.82, 2.24) is 9.97 Å². The summed E-state index contributed by atoms with van der Waals surface area (Å²) in [5.41, 5.74) is 0. The molecule has 1 aromatic rings. The van der Waals surface area contributed by atoms with Crippen molar-refractivity contribution in [2.45, 2.75) is 33.6 Å². The fraction of sp³-hybridized carbons (Fsp3) is 0.625. The molecule has 0 spiro atoms. The van der Waals surface area contributed by atoms with Crippen molar-refractivity contribution in [3.8, 4) is 5.75 Å². The molecule has 0 aliphatic heterocycles. The van der Waals surface area contributed by atoms with Crippen LogP contribution in [0.3, 0.4) is 0 Å². The molecule has 5 heteroatoms. The third-order valence-corrected chi connectivity index (χ3v) is 2.72. The van der Waals surface area contributed by atoms with E-state index in [0.29, 0.717) is 30.7 Å². The highest BCUT2D eigenvalue weighted by atomic mass is 16.5. The minimum atomic E-state index is 0.492. The number of nitrogens with one attached hydrogen (secondary N) is 1. The zero-order valence-electron chi connectivity index (χ0n) is 13.4. The number of nitrogens with zero attached hydrogens (tertiary/aromatic N) is 2. The average Bonchev–Trinajstić information content (AvgIpc) is 2.48. The lowest BCUT2D eigenvalue weighted by Gasteiger charge is -2.13. The predicted molar refractivity (Wildman–Crippen MR) is 86.7 cm³/mol. The van der Waals surface area contributed by atoms with E-state index in [0.717, 1.165) is 31.8 Å². The monoisotopic (exact) mass is 293 g/mol. The van der Waals surface area contributed by atoms with E-state index in [-0.39, 0.29) is 0 Å². The number of unbranched alkanes of at least 4 members (excludes halogenated alkanes) is 1.